The molecule has 3 heterocycles. The van der Waals surface area contributed by atoms with Gasteiger partial charge in [0.25, 0.3) is 5.88 Å². The molecule has 0 saturated carbocycles. The number of rotatable bonds is 2. The number of hydrogen-bond acceptors (Lipinski definition) is 7. The minimum atomic E-state index is -1.46. The molecule has 7 nitrogen and oxygen atoms in total. The Morgan fingerprint density at radius 1 is 1.32 bits per heavy atom. The van der Waals surface area contributed by atoms with Gasteiger partial charge in [0.15, 0.2) is 5.82 Å². The van der Waals surface area contributed by atoms with Crippen molar-refractivity contribution in [2.24, 2.45) is 4.40 Å². The van der Waals surface area contributed by atoms with Crippen LogP contribution in [0.5, 0.6) is 5.88 Å². The second-order valence-electron chi connectivity index (χ2n) is 7.94. The van der Waals surface area contributed by atoms with Crippen LogP contribution in [0, 0.1) is 5.82 Å². The lowest BCUT2D eigenvalue weighted by atomic mass is 10.1. The Labute approximate surface area is 166 Å². The molecule has 1 saturated heterocycles. The third kappa shape index (κ3) is 3.54. The van der Waals surface area contributed by atoms with Gasteiger partial charge in [0.05, 0.1) is 30.5 Å². The van der Waals surface area contributed by atoms with Crippen molar-refractivity contribution in [1.82, 2.24) is 9.97 Å². The van der Waals surface area contributed by atoms with Crippen LogP contribution in [0.15, 0.2) is 16.5 Å². The summed E-state index contributed by atoms with van der Waals surface area (Å²) in [6.45, 7) is 9.57. The summed E-state index contributed by atoms with van der Waals surface area (Å²) < 4.78 is 41.8. The zero-order valence-electron chi connectivity index (χ0n) is 16.4. The molecule has 1 aromatic carbocycles. The Morgan fingerprint density at radius 2 is 2.11 bits per heavy atom. The van der Waals surface area contributed by atoms with E-state index in [1.165, 1.54) is 12.1 Å². The lowest BCUT2D eigenvalue weighted by molar-refractivity contribution is 0.0686. The van der Waals surface area contributed by atoms with Gasteiger partial charge in [-0.05, 0) is 33.8 Å². The molecule has 2 aromatic rings. The molecule has 0 amide bonds. The number of nitrogens with zero attached hydrogens (tertiary/aromatic N) is 4. The first-order valence-corrected chi connectivity index (χ1v) is 10.3. The summed E-state index contributed by atoms with van der Waals surface area (Å²) in [5.74, 6) is 0.576. The van der Waals surface area contributed by atoms with Crippen LogP contribution in [0.25, 0.3) is 11.0 Å². The Bertz CT molecular complexity index is 947. The van der Waals surface area contributed by atoms with E-state index in [1.54, 1.807) is 6.92 Å². The predicted molar refractivity (Wildman–Crippen MR) is 107 cm³/mol. The van der Waals surface area contributed by atoms with Crippen molar-refractivity contribution in [3.63, 3.8) is 0 Å². The molecular formula is C19H23FN4O3S. The number of hydrogen-bond donors (Lipinski definition) is 0. The maximum atomic E-state index is 14.3. The van der Waals surface area contributed by atoms with Gasteiger partial charge in [0.1, 0.15) is 34.0 Å². The van der Waals surface area contributed by atoms with Gasteiger partial charge in [-0.2, -0.15) is 0 Å². The van der Waals surface area contributed by atoms with Crippen molar-refractivity contribution in [1.29, 1.82) is 0 Å². The molecule has 2 atom stereocenters. The zero-order valence-corrected chi connectivity index (χ0v) is 17.2. The molecule has 150 valence electrons. The summed E-state index contributed by atoms with van der Waals surface area (Å²) in [5, 5.41) is 0. The van der Waals surface area contributed by atoms with Crippen LogP contribution in [-0.2, 0) is 16.1 Å². The van der Waals surface area contributed by atoms with Crippen LogP contribution in [0.4, 0.5) is 10.2 Å². The molecule has 9 heteroatoms. The Kier molecular flexibility index (Phi) is 4.93. The quantitative estimate of drug-likeness (QED) is 0.563. The topological polar surface area (TPSA) is 82.9 Å². The second kappa shape index (κ2) is 7.13. The van der Waals surface area contributed by atoms with Crippen molar-refractivity contribution in [2.75, 3.05) is 31.3 Å². The third-order valence-corrected chi connectivity index (χ3v) is 6.22. The number of morpholine rings is 1. The lowest BCUT2D eigenvalue weighted by Gasteiger charge is -2.39. The summed E-state index contributed by atoms with van der Waals surface area (Å²) >= 11 is -1.46. The fraction of sp³-hybridized carbons (Fsp3) is 0.526. The average molecular weight is 406 g/mol. The van der Waals surface area contributed by atoms with Crippen LogP contribution in [-0.4, -0.2) is 57.4 Å². The molecule has 2 aliphatic rings. The summed E-state index contributed by atoms with van der Waals surface area (Å²) in [6, 6.07) is 2.78. The molecule has 0 bridgehead atoms. The molecule has 0 aliphatic carbocycles. The van der Waals surface area contributed by atoms with Crippen molar-refractivity contribution in [3.8, 4) is 5.88 Å². The van der Waals surface area contributed by atoms with E-state index in [-0.39, 0.29) is 6.04 Å². The van der Waals surface area contributed by atoms with E-state index in [1.807, 2.05) is 20.8 Å². The van der Waals surface area contributed by atoms with E-state index in [2.05, 4.69) is 14.3 Å². The van der Waals surface area contributed by atoms with Crippen LogP contribution >= 0.6 is 0 Å². The largest absolute Gasteiger partial charge is 0.591 e. The summed E-state index contributed by atoms with van der Waals surface area (Å²) in [6.07, 6.45) is 0. The molecule has 0 spiro atoms. The van der Waals surface area contributed by atoms with Crippen LogP contribution in [0.1, 0.15) is 33.3 Å². The van der Waals surface area contributed by atoms with Gasteiger partial charge < -0.3 is 18.9 Å². The van der Waals surface area contributed by atoms with Crippen molar-refractivity contribution in [2.45, 2.75) is 38.5 Å². The number of aromatic nitrogens is 2. The van der Waals surface area contributed by atoms with Crippen molar-refractivity contribution >= 4 is 33.9 Å². The van der Waals surface area contributed by atoms with E-state index in [0.717, 1.165) is 0 Å². The van der Waals surface area contributed by atoms with Gasteiger partial charge in [-0.15, -0.1) is 0 Å². The highest BCUT2D eigenvalue weighted by molar-refractivity contribution is 7.91. The third-order valence-electron chi connectivity index (χ3n) is 4.73. The molecule has 28 heavy (non-hydrogen) atoms. The molecule has 1 unspecified atom stereocenters. The van der Waals surface area contributed by atoms with Gasteiger partial charge in [-0.1, -0.05) is 4.40 Å². The number of fused-ring (bicyclic) bond motifs is 4. The Morgan fingerprint density at radius 3 is 2.86 bits per heavy atom. The lowest BCUT2D eigenvalue weighted by Crippen LogP contribution is -2.51. The first kappa shape index (κ1) is 19.4. The van der Waals surface area contributed by atoms with Crippen LogP contribution < -0.4 is 9.64 Å². The fourth-order valence-electron chi connectivity index (χ4n) is 3.22. The molecule has 1 aromatic heterocycles. The molecule has 0 N–H and O–H groups in total. The van der Waals surface area contributed by atoms with Gasteiger partial charge in [0.2, 0.25) is 0 Å². The normalized spacial score (nSPS) is 21.1. The monoisotopic (exact) mass is 406 g/mol. The molecule has 2 aliphatic heterocycles. The minimum Gasteiger partial charge on any atom is -0.591 e. The SMILES string of the molecule is CC(=N[S+]([O-])C(C)(C)C)c1cc(F)cc2nc3c(nc12)N1CCOC[C@H]1CO3. The average Bonchev–Trinajstić information content (AvgIpc) is 2.65. The summed E-state index contributed by atoms with van der Waals surface area (Å²) in [5.41, 5.74) is 1.85. The van der Waals surface area contributed by atoms with E-state index < -0.39 is 21.9 Å². The predicted octanol–water partition coefficient (Wildman–Crippen LogP) is 2.64. The number of halogens is 1. The highest BCUT2D eigenvalue weighted by Gasteiger charge is 2.33. The first-order chi connectivity index (χ1) is 13.2. The molecule has 1 fully saturated rings. The summed E-state index contributed by atoms with van der Waals surface area (Å²) in [4.78, 5) is 11.4. The van der Waals surface area contributed by atoms with Gasteiger partial charge in [-0.3, -0.25) is 0 Å². The summed E-state index contributed by atoms with van der Waals surface area (Å²) in [7, 11) is 0. The van der Waals surface area contributed by atoms with Gasteiger partial charge in [0, 0.05) is 18.2 Å². The Balaban J connectivity index is 1.84. The second-order valence-corrected chi connectivity index (χ2v) is 9.85. The van der Waals surface area contributed by atoms with Gasteiger partial charge in [-0.25, -0.2) is 14.4 Å². The number of anilines is 1. The smallest absolute Gasteiger partial charge is 0.258 e. The van der Waals surface area contributed by atoms with Crippen molar-refractivity contribution < 1.29 is 18.4 Å². The Hall–Kier alpha value is -1.97. The highest BCUT2D eigenvalue weighted by Crippen LogP contribution is 2.34. The molecular weight excluding hydrogens is 383 g/mol. The molecule has 0 radical (unpaired) electrons. The standard InChI is InChI=1S/C19H23FN4O3S/c1-11(23-28(25)19(2,3)4)14-7-12(20)8-15-16(14)22-17-18(21-15)27-10-13-9-26-6-5-24(13)17/h7-8,13H,5-6,9-10H2,1-4H3/t13-,28?/m0/s1. The first-order valence-electron chi connectivity index (χ1n) is 9.20. The molecule has 4 rings (SSSR count). The van der Waals surface area contributed by atoms with Crippen LogP contribution in [0.3, 0.4) is 0 Å². The van der Waals surface area contributed by atoms with E-state index in [4.69, 9.17) is 14.5 Å². The maximum Gasteiger partial charge on any atom is 0.258 e. The number of benzene rings is 1. The van der Waals surface area contributed by atoms with E-state index >= 15 is 0 Å². The minimum absolute atomic E-state index is 0.0834. The van der Waals surface area contributed by atoms with Crippen molar-refractivity contribution in [3.05, 3.63) is 23.5 Å². The number of ether oxygens (including phenoxy) is 2. The van der Waals surface area contributed by atoms with Gasteiger partial charge >= 0.3 is 0 Å². The zero-order chi connectivity index (χ0) is 20.1. The fourth-order valence-corrected chi connectivity index (χ4v) is 3.84. The van der Waals surface area contributed by atoms with Crippen LogP contribution in [0.2, 0.25) is 0 Å². The maximum absolute atomic E-state index is 14.3. The van der Waals surface area contributed by atoms with E-state index in [0.29, 0.717) is 60.4 Å². The van der Waals surface area contributed by atoms with E-state index in [9.17, 15) is 8.94 Å². The highest BCUT2D eigenvalue weighted by atomic mass is 32.2.